The number of ether oxygens (including phenoxy) is 2. The summed E-state index contributed by atoms with van der Waals surface area (Å²) in [6.07, 6.45) is 0. The van der Waals surface area contributed by atoms with E-state index in [1.807, 2.05) is 53.4 Å². The van der Waals surface area contributed by atoms with Gasteiger partial charge in [-0.3, -0.25) is 0 Å². The molecule has 0 fully saturated rings. The molecule has 4 rings (SSSR count). The van der Waals surface area contributed by atoms with Crippen molar-refractivity contribution in [3.63, 3.8) is 0 Å². The monoisotopic (exact) mass is 459 g/mol. The molecule has 34 heavy (non-hydrogen) atoms. The Bertz CT molecular complexity index is 1210. The Morgan fingerprint density at radius 1 is 0.706 bits per heavy atom. The van der Waals surface area contributed by atoms with Gasteiger partial charge in [0.15, 0.2) is 5.82 Å². The van der Waals surface area contributed by atoms with E-state index in [0.29, 0.717) is 30.6 Å². The summed E-state index contributed by atoms with van der Waals surface area (Å²) in [5, 5.41) is 0. The summed E-state index contributed by atoms with van der Waals surface area (Å²) in [4.78, 5) is 19.5. The number of aryl methyl sites for hydroxylation is 2. The van der Waals surface area contributed by atoms with E-state index < -0.39 is 5.95 Å². The summed E-state index contributed by atoms with van der Waals surface area (Å²) in [7, 11) is 3.28. The number of methoxy groups -OCH3 is 2. The first kappa shape index (κ1) is 23.1. The molecule has 7 nitrogen and oxygen atoms in total. The van der Waals surface area contributed by atoms with E-state index in [2.05, 4.69) is 19.9 Å². The van der Waals surface area contributed by atoms with E-state index in [-0.39, 0.29) is 11.4 Å². The van der Waals surface area contributed by atoms with Gasteiger partial charge in [0.2, 0.25) is 11.9 Å². The molecular weight excluding hydrogens is 433 g/mol. The molecule has 2 aromatic carbocycles. The van der Waals surface area contributed by atoms with Gasteiger partial charge < -0.3 is 14.4 Å². The van der Waals surface area contributed by atoms with Crippen LogP contribution in [0.25, 0.3) is 11.4 Å². The van der Waals surface area contributed by atoms with Crippen LogP contribution in [0.2, 0.25) is 0 Å². The van der Waals surface area contributed by atoms with Crippen LogP contribution in [0.1, 0.15) is 22.6 Å². The molecule has 0 N–H and O–H groups in total. The third kappa shape index (κ3) is 5.46. The zero-order valence-electron chi connectivity index (χ0n) is 19.6. The molecule has 0 aliphatic rings. The summed E-state index contributed by atoms with van der Waals surface area (Å²) in [5.74, 6) is 2.16. The second-order valence-electron chi connectivity index (χ2n) is 7.85. The summed E-state index contributed by atoms with van der Waals surface area (Å²) in [6.45, 7) is 4.58. The Hall–Kier alpha value is -4.07. The van der Waals surface area contributed by atoms with Crippen molar-refractivity contribution in [1.29, 1.82) is 0 Å². The average molecular weight is 460 g/mol. The minimum Gasteiger partial charge on any atom is -0.497 e. The van der Waals surface area contributed by atoms with E-state index in [9.17, 15) is 4.39 Å². The van der Waals surface area contributed by atoms with Crippen LogP contribution < -0.4 is 14.4 Å². The molecule has 0 saturated carbocycles. The second kappa shape index (κ2) is 10.2. The number of benzene rings is 2. The van der Waals surface area contributed by atoms with Gasteiger partial charge in [-0.05, 0) is 61.4 Å². The Morgan fingerprint density at radius 3 is 1.76 bits per heavy atom. The number of pyridine rings is 1. The number of halogens is 1. The molecule has 0 radical (unpaired) electrons. The zero-order valence-corrected chi connectivity index (χ0v) is 19.6. The Kier molecular flexibility index (Phi) is 6.96. The van der Waals surface area contributed by atoms with Crippen LogP contribution >= 0.6 is 0 Å². The first-order chi connectivity index (χ1) is 16.4. The van der Waals surface area contributed by atoms with E-state index in [1.54, 1.807) is 40.2 Å². The fourth-order valence-electron chi connectivity index (χ4n) is 3.52. The van der Waals surface area contributed by atoms with Gasteiger partial charge in [0.1, 0.15) is 17.3 Å². The average Bonchev–Trinajstić information content (AvgIpc) is 2.84. The molecule has 8 heteroatoms. The highest BCUT2D eigenvalue weighted by molar-refractivity contribution is 5.56. The second-order valence-corrected chi connectivity index (χ2v) is 7.85. The fourth-order valence-corrected chi connectivity index (χ4v) is 3.52. The molecule has 2 heterocycles. The topological polar surface area (TPSA) is 73.3 Å². The van der Waals surface area contributed by atoms with Gasteiger partial charge in [0.05, 0.1) is 19.8 Å². The van der Waals surface area contributed by atoms with E-state index in [1.165, 1.54) is 0 Å². The summed E-state index contributed by atoms with van der Waals surface area (Å²) in [5.41, 5.74) is 2.94. The van der Waals surface area contributed by atoms with E-state index in [4.69, 9.17) is 9.47 Å². The Labute approximate surface area is 198 Å². The quantitative estimate of drug-likeness (QED) is 0.347. The number of nitrogens with zero attached hydrogens (tertiary/aromatic N) is 5. The molecule has 0 amide bonds. The fraction of sp³-hybridized carbons (Fsp3) is 0.231. The highest BCUT2D eigenvalue weighted by atomic mass is 19.1. The van der Waals surface area contributed by atoms with Gasteiger partial charge in [0, 0.05) is 18.8 Å². The number of rotatable bonds is 8. The maximum absolute atomic E-state index is 14.6. The Morgan fingerprint density at radius 2 is 1.26 bits per heavy atom. The van der Waals surface area contributed by atoms with Crippen LogP contribution in [0.4, 0.5) is 10.3 Å². The molecule has 0 aliphatic carbocycles. The highest BCUT2D eigenvalue weighted by Crippen LogP contribution is 2.24. The lowest BCUT2D eigenvalue weighted by molar-refractivity contribution is 0.414. The number of anilines is 1. The smallest absolute Gasteiger partial charge is 0.229 e. The van der Waals surface area contributed by atoms with E-state index in [0.717, 1.165) is 22.6 Å². The molecule has 4 aromatic rings. The summed E-state index contributed by atoms with van der Waals surface area (Å²) in [6, 6.07) is 19.0. The molecule has 0 aliphatic heterocycles. The normalized spacial score (nSPS) is 10.7. The third-order valence-corrected chi connectivity index (χ3v) is 5.31. The van der Waals surface area contributed by atoms with Crippen molar-refractivity contribution >= 4 is 5.95 Å². The first-order valence-corrected chi connectivity index (χ1v) is 10.8. The van der Waals surface area contributed by atoms with Crippen molar-refractivity contribution in [2.75, 3.05) is 19.1 Å². The van der Waals surface area contributed by atoms with Crippen molar-refractivity contribution in [2.24, 2.45) is 0 Å². The van der Waals surface area contributed by atoms with E-state index >= 15 is 0 Å². The molecule has 0 saturated heterocycles. The zero-order chi connectivity index (χ0) is 24.1. The molecule has 2 aromatic heterocycles. The third-order valence-electron chi connectivity index (χ3n) is 5.31. The first-order valence-electron chi connectivity index (χ1n) is 10.8. The van der Waals surface area contributed by atoms with Gasteiger partial charge in [-0.15, -0.1) is 0 Å². The van der Waals surface area contributed by atoms with Gasteiger partial charge in [-0.25, -0.2) is 9.97 Å². The number of hydrogen-bond acceptors (Lipinski definition) is 7. The molecule has 0 spiro atoms. The lowest BCUT2D eigenvalue weighted by atomic mass is 10.1. The highest BCUT2D eigenvalue weighted by Gasteiger charge is 2.17. The van der Waals surface area contributed by atoms with Gasteiger partial charge >= 0.3 is 0 Å². The van der Waals surface area contributed by atoms with Crippen LogP contribution in [0.15, 0.2) is 60.7 Å². The van der Waals surface area contributed by atoms with Crippen molar-refractivity contribution < 1.29 is 13.9 Å². The SMILES string of the molecule is COc1ccc(CN(Cc2ccc(OC)cc2)c2nc(C)nc(-c3ccc(C)nc3F)n2)cc1. The lowest BCUT2D eigenvalue weighted by Crippen LogP contribution is -2.25. The van der Waals surface area contributed by atoms with Gasteiger partial charge in [-0.1, -0.05) is 24.3 Å². The number of hydrogen-bond donors (Lipinski definition) is 0. The Balaban J connectivity index is 1.72. The predicted octanol–water partition coefficient (Wildman–Crippen LogP) is 4.91. The number of aromatic nitrogens is 4. The van der Waals surface area contributed by atoms with Crippen molar-refractivity contribution in [3.05, 3.63) is 89.3 Å². The molecular formula is C26H26FN5O2. The van der Waals surface area contributed by atoms with Crippen LogP contribution in [0.3, 0.4) is 0 Å². The molecule has 0 atom stereocenters. The maximum atomic E-state index is 14.6. The van der Waals surface area contributed by atoms with Gasteiger partial charge in [0.25, 0.3) is 0 Å². The minimum absolute atomic E-state index is 0.242. The molecule has 174 valence electrons. The van der Waals surface area contributed by atoms with Crippen molar-refractivity contribution in [2.45, 2.75) is 26.9 Å². The lowest BCUT2D eigenvalue weighted by Gasteiger charge is -2.24. The summed E-state index contributed by atoms with van der Waals surface area (Å²) >= 11 is 0. The molecule has 0 unspecified atom stereocenters. The summed E-state index contributed by atoms with van der Waals surface area (Å²) < 4.78 is 25.1. The van der Waals surface area contributed by atoms with Crippen molar-refractivity contribution in [1.82, 2.24) is 19.9 Å². The predicted molar refractivity (Wildman–Crippen MR) is 128 cm³/mol. The maximum Gasteiger partial charge on any atom is 0.229 e. The van der Waals surface area contributed by atoms with Crippen LogP contribution in [-0.4, -0.2) is 34.2 Å². The minimum atomic E-state index is -0.603. The standard InChI is InChI=1S/C26H26FN5O2/c1-17-5-14-23(24(27)28-17)25-29-18(2)30-26(31-25)32(15-19-6-10-21(33-3)11-7-19)16-20-8-12-22(34-4)13-9-20/h5-14H,15-16H2,1-4H3. The van der Waals surface area contributed by atoms with Crippen LogP contribution in [-0.2, 0) is 13.1 Å². The molecule has 0 bridgehead atoms. The van der Waals surface area contributed by atoms with Crippen LogP contribution in [0, 0.1) is 19.8 Å². The van der Waals surface area contributed by atoms with Gasteiger partial charge in [-0.2, -0.15) is 14.4 Å². The van der Waals surface area contributed by atoms with Crippen molar-refractivity contribution in [3.8, 4) is 22.9 Å². The van der Waals surface area contributed by atoms with Crippen LogP contribution in [0.5, 0.6) is 11.5 Å². The largest absolute Gasteiger partial charge is 0.497 e.